The van der Waals surface area contributed by atoms with Crippen LogP contribution < -0.4 is 9.47 Å². The number of benzene rings is 1. The molecular weight excluding hydrogens is 272 g/mol. The van der Waals surface area contributed by atoms with Crippen LogP contribution in [0.3, 0.4) is 0 Å². The summed E-state index contributed by atoms with van der Waals surface area (Å²) < 4.78 is 21.7. The van der Waals surface area contributed by atoms with Crippen molar-refractivity contribution in [1.82, 2.24) is 0 Å². The first kappa shape index (κ1) is 15.7. The Hall–Kier alpha value is -1.72. The standard InChI is InChI=1S/C16H22O5/c1-4-6-13-14(20-10-18-3)8-11-7-12(9-19-5-2)21-16(11)15(13)17/h4,8,12,17H,1,5-7,9-10H2,2-3H3. The quantitative estimate of drug-likeness (QED) is 0.589. The van der Waals surface area contributed by atoms with E-state index in [2.05, 4.69) is 6.58 Å². The molecule has 0 aliphatic carbocycles. The van der Waals surface area contributed by atoms with Crippen molar-refractivity contribution < 1.29 is 24.1 Å². The second-order valence-electron chi connectivity index (χ2n) is 4.84. The van der Waals surface area contributed by atoms with Gasteiger partial charge in [0.2, 0.25) is 0 Å². The van der Waals surface area contributed by atoms with Gasteiger partial charge in [0.15, 0.2) is 18.3 Å². The smallest absolute Gasteiger partial charge is 0.188 e. The summed E-state index contributed by atoms with van der Waals surface area (Å²) >= 11 is 0. The average Bonchev–Trinajstić information content (AvgIpc) is 2.89. The minimum absolute atomic E-state index is 0.0693. The van der Waals surface area contributed by atoms with Gasteiger partial charge in [-0.15, -0.1) is 6.58 Å². The van der Waals surface area contributed by atoms with Gasteiger partial charge in [0.25, 0.3) is 0 Å². The van der Waals surface area contributed by atoms with Gasteiger partial charge in [0.1, 0.15) is 11.9 Å². The van der Waals surface area contributed by atoms with E-state index in [1.807, 2.05) is 13.0 Å². The molecule has 0 aromatic heterocycles. The predicted molar refractivity (Wildman–Crippen MR) is 79.1 cm³/mol. The van der Waals surface area contributed by atoms with E-state index < -0.39 is 0 Å². The predicted octanol–water partition coefficient (Wildman–Crippen LogP) is 2.44. The third-order valence-corrected chi connectivity index (χ3v) is 3.32. The van der Waals surface area contributed by atoms with E-state index in [4.69, 9.17) is 18.9 Å². The van der Waals surface area contributed by atoms with Gasteiger partial charge in [0.05, 0.1) is 6.61 Å². The molecule has 1 N–H and O–H groups in total. The van der Waals surface area contributed by atoms with Crippen LogP contribution in [0.25, 0.3) is 0 Å². The number of ether oxygens (including phenoxy) is 4. The van der Waals surface area contributed by atoms with Crippen molar-refractivity contribution in [3.8, 4) is 17.2 Å². The molecule has 1 unspecified atom stereocenters. The highest BCUT2D eigenvalue weighted by molar-refractivity contribution is 5.59. The van der Waals surface area contributed by atoms with Crippen LogP contribution in [0.5, 0.6) is 17.2 Å². The van der Waals surface area contributed by atoms with E-state index in [1.54, 1.807) is 13.2 Å². The number of fused-ring (bicyclic) bond motifs is 1. The maximum Gasteiger partial charge on any atom is 0.188 e. The van der Waals surface area contributed by atoms with Gasteiger partial charge in [-0.3, -0.25) is 0 Å². The van der Waals surface area contributed by atoms with Crippen LogP contribution in [0.4, 0.5) is 0 Å². The number of methoxy groups -OCH3 is 1. The molecule has 21 heavy (non-hydrogen) atoms. The molecule has 0 spiro atoms. The van der Waals surface area contributed by atoms with Crippen molar-refractivity contribution in [2.45, 2.75) is 25.9 Å². The van der Waals surface area contributed by atoms with Gasteiger partial charge in [-0.05, 0) is 19.4 Å². The Bertz CT molecular complexity index is 498. The zero-order chi connectivity index (χ0) is 15.2. The first-order valence-electron chi connectivity index (χ1n) is 7.06. The maximum atomic E-state index is 10.4. The van der Waals surface area contributed by atoms with Crippen LogP contribution in [-0.2, 0) is 22.3 Å². The fourth-order valence-electron chi connectivity index (χ4n) is 2.39. The van der Waals surface area contributed by atoms with E-state index in [0.29, 0.717) is 43.1 Å². The van der Waals surface area contributed by atoms with Gasteiger partial charge in [-0.2, -0.15) is 0 Å². The van der Waals surface area contributed by atoms with E-state index in [-0.39, 0.29) is 18.6 Å². The van der Waals surface area contributed by atoms with Gasteiger partial charge in [-0.25, -0.2) is 0 Å². The number of hydrogen-bond donors (Lipinski definition) is 1. The Labute approximate surface area is 125 Å². The van der Waals surface area contributed by atoms with Crippen LogP contribution in [0, 0.1) is 0 Å². The summed E-state index contributed by atoms with van der Waals surface area (Å²) in [6, 6.07) is 1.90. The number of phenolic OH excluding ortho intramolecular Hbond substituents is 1. The molecule has 5 nitrogen and oxygen atoms in total. The molecule has 1 aromatic rings. The Morgan fingerprint density at radius 2 is 2.33 bits per heavy atom. The maximum absolute atomic E-state index is 10.4. The lowest BCUT2D eigenvalue weighted by Crippen LogP contribution is -2.20. The lowest BCUT2D eigenvalue weighted by atomic mass is 10.0. The van der Waals surface area contributed by atoms with Crippen LogP contribution in [0.15, 0.2) is 18.7 Å². The molecule has 0 saturated carbocycles. The number of allylic oxidation sites excluding steroid dienone is 1. The molecule has 5 heteroatoms. The second kappa shape index (κ2) is 7.33. The second-order valence-corrected chi connectivity index (χ2v) is 4.84. The molecule has 0 amide bonds. The lowest BCUT2D eigenvalue weighted by Gasteiger charge is -2.14. The lowest BCUT2D eigenvalue weighted by molar-refractivity contribution is 0.0502. The first-order chi connectivity index (χ1) is 10.2. The van der Waals surface area contributed by atoms with Gasteiger partial charge in [-0.1, -0.05) is 6.08 Å². The van der Waals surface area contributed by atoms with E-state index in [1.165, 1.54) is 0 Å². The molecule has 2 rings (SSSR count). The van der Waals surface area contributed by atoms with Crippen LogP contribution >= 0.6 is 0 Å². The summed E-state index contributed by atoms with van der Waals surface area (Å²) in [4.78, 5) is 0. The first-order valence-corrected chi connectivity index (χ1v) is 7.06. The highest BCUT2D eigenvalue weighted by Crippen LogP contribution is 2.44. The number of phenols is 1. The van der Waals surface area contributed by atoms with Gasteiger partial charge in [0, 0.05) is 31.3 Å². The summed E-state index contributed by atoms with van der Waals surface area (Å²) in [7, 11) is 1.56. The molecule has 116 valence electrons. The van der Waals surface area contributed by atoms with Crippen LogP contribution in [-0.4, -0.2) is 38.3 Å². The molecule has 1 heterocycles. The fraction of sp³-hybridized carbons (Fsp3) is 0.500. The molecule has 0 radical (unpaired) electrons. The number of rotatable bonds is 8. The van der Waals surface area contributed by atoms with Crippen molar-refractivity contribution in [2.24, 2.45) is 0 Å². The zero-order valence-corrected chi connectivity index (χ0v) is 12.6. The van der Waals surface area contributed by atoms with Gasteiger partial charge < -0.3 is 24.1 Å². The molecule has 1 aliphatic rings. The summed E-state index contributed by atoms with van der Waals surface area (Å²) in [5, 5.41) is 10.4. The normalized spacial score (nSPS) is 16.4. The number of aromatic hydroxyl groups is 1. The van der Waals surface area contributed by atoms with E-state index in [0.717, 1.165) is 5.56 Å². The van der Waals surface area contributed by atoms with Crippen LogP contribution in [0.2, 0.25) is 0 Å². The van der Waals surface area contributed by atoms with Crippen molar-refractivity contribution >= 4 is 0 Å². The summed E-state index contributed by atoms with van der Waals surface area (Å²) in [6.07, 6.45) is 2.84. The van der Waals surface area contributed by atoms with E-state index >= 15 is 0 Å². The molecule has 1 aliphatic heterocycles. The fourth-order valence-corrected chi connectivity index (χ4v) is 2.39. The van der Waals surface area contributed by atoms with E-state index in [9.17, 15) is 5.11 Å². The monoisotopic (exact) mass is 294 g/mol. The Morgan fingerprint density at radius 3 is 3.00 bits per heavy atom. The summed E-state index contributed by atoms with van der Waals surface area (Å²) in [5.41, 5.74) is 1.59. The van der Waals surface area contributed by atoms with Crippen molar-refractivity contribution in [3.05, 3.63) is 29.8 Å². The van der Waals surface area contributed by atoms with Crippen molar-refractivity contribution in [3.63, 3.8) is 0 Å². The molecule has 0 saturated heterocycles. The third kappa shape index (κ3) is 3.49. The molecule has 0 bridgehead atoms. The topological polar surface area (TPSA) is 57.2 Å². The van der Waals surface area contributed by atoms with Crippen LogP contribution in [0.1, 0.15) is 18.1 Å². The SMILES string of the molecule is C=CCc1c(OCOC)cc2c(c1O)OC(COCC)C2. The van der Waals surface area contributed by atoms with Crippen molar-refractivity contribution in [2.75, 3.05) is 27.1 Å². The highest BCUT2D eigenvalue weighted by atomic mass is 16.7. The highest BCUT2D eigenvalue weighted by Gasteiger charge is 2.29. The minimum atomic E-state index is -0.0693. The number of hydrogen-bond acceptors (Lipinski definition) is 5. The minimum Gasteiger partial charge on any atom is -0.504 e. The average molecular weight is 294 g/mol. The Balaban J connectivity index is 2.26. The molecular formula is C16H22O5. The summed E-state index contributed by atoms with van der Waals surface area (Å²) in [5.74, 6) is 1.26. The molecule has 0 fully saturated rings. The molecule has 1 atom stereocenters. The summed E-state index contributed by atoms with van der Waals surface area (Å²) in [6.45, 7) is 6.94. The molecule has 1 aromatic carbocycles. The van der Waals surface area contributed by atoms with Gasteiger partial charge >= 0.3 is 0 Å². The third-order valence-electron chi connectivity index (χ3n) is 3.32. The largest absolute Gasteiger partial charge is 0.504 e. The Morgan fingerprint density at radius 1 is 1.52 bits per heavy atom. The van der Waals surface area contributed by atoms with Crippen molar-refractivity contribution in [1.29, 1.82) is 0 Å². The Kier molecular flexibility index (Phi) is 5.47. The zero-order valence-electron chi connectivity index (χ0n) is 12.6.